The van der Waals surface area contributed by atoms with Gasteiger partial charge in [0, 0.05) is 0 Å². The molecule has 0 aliphatic carbocycles. The molecular formula is C18H15F2NO6. The fraction of sp³-hybridized carbons (Fsp3) is 0.167. The van der Waals surface area contributed by atoms with Gasteiger partial charge in [-0.2, -0.15) is 8.78 Å². The van der Waals surface area contributed by atoms with E-state index in [2.05, 4.69) is 14.8 Å². The minimum Gasteiger partial charge on any atom is -0.465 e. The van der Waals surface area contributed by atoms with Crippen molar-refractivity contribution in [2.75, 3.05) is 19.0 Å². The molecule has 0 radical (unpaired) electrons. The van der Waals surface area contributed by atoms with Gasteiger partial charge in [0.05, 0.1) is 23.9 Å². The first-order valence-electron chi connectivity index (χ1n) is 7.60. The monoisotopic (exact) mass is 379 g/mol. The largest absolute Gasteiger partial charge is 0.465 e. The second kappa shape index (κ2) is 9.27. The Balaban J connectivity index is 1.96. The number of halogens is 2. The van der Waals surface area contributed by atoms with E-state index in [0.29, 0.717) is 0 Å². The number of hydrogen-bond acceptors (Lipinski definition) is 6. The minimum atomic E-state index is -3.03. The molecule has 142 valence electrons. The van der Waals surface area contributed by atoms with Crippen LogP contribution in [-0.4, -0.2) is 38.2 Å². The second-order valence-corrected chi connectivity index (χ2v) is 5.07. The maximum Gasteiger partial charge on any atom is 0.387 e. The van der Waals surface area contributed by atoms with E-state index < -0.39 is 31.1 Å². The normalized spacial score (nSPS) is 10.2. The molecule has 0 heterocycles. The quantitative estimate of drug-likeness (QED) is 0.744. The molecule has 0 aliphatic heterocycles. The molecule has 0 bridgehead atoms. The maximum atomic E-state index is 12.2. The number of rotatable bonds is 7. The fourth-order valence-corrected chi connectivity index (χ4v) is 2.08. The lowest BCUT2D eigenvalue weighted by Crippen LogP contribution is -2.22. The molecule has 0 saturated carbocycles. The Morgan fingerprint density at radius 2 is 1.78 bits per heavy atom. The van der Waals surface area contributed by atoms with Crippen molar-refractivity contribution in [2.24, 2.45) is 0 Å². The topological polar surface area (TPSA) is 90.9 Å². The van der Waals surface area contributed by atoms with Crippen LogP contribution in [0.5, 0.6) is 5.75 Å². The third-order valence-electron chi connectivity index (χ3n) is 3.24. The Kier molecular flexibility index (Phi) is 6.81. The summed E-state index contributed by atoms with van der Waals surface area (Å²) in [6.07, 6.45) is 0. The lowest BCUT2D eigenvalue weighted by atomic mass is 10.2. The summed E-state index contributed by atoms with van der Waals surface area (Å²) < 4.78 is 38.1. The summed E-state index contributed by atoms with van der Waals surface area (Å²) in [5.41, 5.74) is 0.269. The van der Waals surface area contributed by atoms with Crippen LogP contribution in [0, 0.1) is 0 Å². The SMILES string of the molecule is COC(=O)c1ccccc1NC(=O)COC(=O)c1cccc(OC(F)F)c1. The molecule has 1 N–H and O–H groups in total. The number of ether oxygens (including phenoxy) is 3. The molecule has 1 amide bonds. The predicted octanol–water partition coefficient (Wildman–Crippen LogP) is 2.87. The van der Waals surface area contributed by atoms with Crippen LogP contribution in [0.15, 0.2) is 48.5 Å². The molecule has 2 aromatic rings. The Bertz CT molecular complexity index is 840. The van der Waals surface area contributed by atoms with E-state index in [-0.39, 0.29) is 22.6 Å². The van der Waals surface area contributed by atoms with Gasteiger partial charge in [0.2, 0.25) is 0 Å². The van der Waals surface area contributed by atoms with Crippen LogP contribution in [0.2, 0.25) is 0 Å². The van der Waals surface area contributed by atoms with Gasteiger partial charge in [-0.25, -0.2) is 9.59 Å². The minimum absolute atomic E-state index is 0.0593. The highest BCUT2D eigenvalue weighted by Gasteiger charge is 2.16. The summed E-state index contributed by atoms with van der Waals surface area (Å²) in [6, 6.07) is 11.1. The predicted molar refractivity (Wildman–Crippen MR) is 89.8 cm³/mol. The zero-order valence-corrected chi connectivity index (χ0v) is 14.1. The molecule has 9 heteroatoms. The summed E-state index contributed by atoms with van der Waals surface area (Å²) >= 11 is 0. The van der Waals surface area contributed by atoms with Crippen molar-refractivity contribution in [3.8, 4) is 5.75 Å². The molecule has 7 nitrogen and oxygen atoms in total. The molecule has 0 fully saturated rings. The van der Waals surface area contributed by atoms with Gasteiger partial charge in [-0.05, 0) is 30.3 Å². The first-order chi connectivity index (χ1) is 12.9. The van der Waals surface area contributed by atoms with Crippen molar-refractivity contribution < 1.29 is 37.4 Å². The lowest BCUT2D eigenvalue weighted by Gasteiger charge is -2.10. The van der Waals surface area contributed by atoms with E-state index in [1.807, 2.05) is 0 Å². The van der Waals surface area contributed by atoms with Gasteiger partial charge in [0.1, 0.15) is 5.75 Å². The molecule has 0 spiro atoms. The summed E-state index contributed by atoms with van der Waals surface area (Å²) in [5.74, 6) is -2.44. The number of esters is 2. The van der Waals surface area contributed by atoms with Crippen molar-refractivity contribution in [3.63, 3.8) is 0 Å². The van der Waals surface area contributed by atoms with Crippen molar-refractivity contribution in [3.05, 3.63) is 59.7 Å². The molecule has 2 rings (SSSR count). The molecule has 0 saturated heterocycles. The van der Waals surface area contributed by atoms with Crippen LogP contribution in [-0.2, 0) is 14.3 Å². The summed E-state index contributed by atoms with van der Waals surface area (Å²) in [6.45, 7) is -3.68. The first-order valence-corrected chi connectivity index (χ1v) is 7.60. The number of hydrogen-bond donors (Lipinski definition) is 1. The highest BCUT2D eigenvalue weighted by molar-refractivity contribution is 6.02. The third-order valence-corrected chi connectivity index (χ3v) is 3.24. The number of anilines is 1. The molecule has 0 aromatic heterocycles. The number of para-hydroxylation sites is 1. The molecule has 0 unspecified atom stereocenters. The number of nitrogens with one attached hydrogen (secondary N) is 1. The molecule has 2 aromatic carbocycles. The highest BCUT2D eigenvalue weighted by Crippen LogP contribution is 2.17. The molecular weight excluding hydrogens is 364 g/mol. The number of amides is 1. The second-order valence-electron chi connectivity index (χ2n) is 5.07. The van der Waals surface area contributed by atoms with E-state index in [0.717, 1.165) is 6.07 Å². The van der Waals surface area contributed by atoms with Gasteiger partial charge in [0.25, 0.3) is 5.91 Å². The van der Waals surface area contributed by atoms with Gasteiger partial charge in [-0.15, -0.1) is 0 Å². The first kappa shape index (κ1) is 19.8. The van der Waals surface area contributed by atoms with Crippen LogP contribution in [0.4, 0.5) is 14.5 Å². The Morgan fingerprint density at radius 1 is 1.04 bits per heavy atom. The van der Waals surface area contributed by atoms with E-state index in [1.165, 1.54) is 37.4 Å². The number of methoxy groups -OCH3 is 1. The standard InChI is InChI=1S/C18H15F2NO6/c1-25-17(24)13-7-2-3-8-14(13)21-15(22)10-26-16(23)11-5-4-6-12(9-11)27-18(19)20/h2-9,18H,10H2,1H3,(H,21,22). The van der Waals surface area contributed by atoms with E-state index in [4.69, 9.17) is 4.74 Å². The van der Waals surface area contributed by atoms with Crippen molar-refractivity contribution in [2.45, 2.75) is 6.61 Å². The van der Waals surface area contributed by atoms with Gasteiger partial charge < -0.3 is 19.5 Å². The Labute approximate surface area is 152 Å². The number of carbonyl (C=O) groups excluding carboxylic acids is 3. The lowest BCUT2D eigenvalue weighted by molar-refractivity contribution is -0.119. The van der Waals surface area contributed by atoms with Crippen molar-refractivity contribution in [1.82, 2.24) is 0 Å². The van der Waals surface area contributed by atoms with Crippen LogP contribution in [0.3, 0.4) is 0 Å². The van der Waals surface area contributed by atoms with Gasteiger partial charge >= 0.3 is 18.6 Å². The molecule has 0 aliphatic rings. The van der Waals surface area contributed by atoms with Crippen molar-refractivity contribution in [1.29, 1.82) is 0 Å². The van der Waals surface area contributed by atoms with Crippen LogP contribution in [0.1, 0.15) is 20.7 Å². The van der Waals surface area contributed by atoms with E-state index >= 15 is 0 Å². The van der Waals surface area contributed by atoms with Crippen molar-refractivity contribution >= 4 is 23.5 Å². The van der Waals surface area contributed by atoms with Crippen LogP contribution < -0.4 is 10.1 Å². The van der Waals surface area contributed by atoms with Gasteiger partial charge in [-0.1, -0.05) is 18.2 Å². The average Bonchev–Trinajstić information content (AvgIpc) is 2.65. The zero-order valence-electron chi connectivity index (χ0n) is 14.1. The third kappa shape index (κ3) is 5.77. The average molecular weight is 379 g/mol. The van der Waals surface area contributed by atoms with Crippen LogP contribution in [0.25, 0.3) is 0 Å². The highest BCUT2D eigenvalue weighted by atomic mass is 19.3. The number of benzene rings is 2. The number of alkyl halides is 2. The summed E-state index contributed by atoms with van der Waals surface area (Å²) in [7, 11) is 1.20. The van der Waals surface area contributed by atoms with E-state index in [9.17, 15) is 23.2 Å². The summed E-state index contributed by atoms with van der Waals surface area (Å²) in [4.78, 5) is 35.6. The molecule has 27 heavy (non-hydrogen) atoms. The van der Waals surface area contributed by atoms with E-state index in [1.54, 1.807) is 12.1 Å². The smallest absolute Gasteiger partial charge is 0.387 e. The Hall–Kier alpha value is -3.49. The zero-order chi connectivity index (χ0) is 19.8. The van der Waals surface area contributed by atoms with Gasteiger partial charge in [0.15, 0.2) is 6.61 Å². The molecule has 0 atom stereocenters. The van der Waals surface area contributed by atoms with Crippen LogP contribution >= 0.6 is 0 Å². The maximum absolute atomic E-state index is 12.2. The Morgan fingerprint density at radius 3 is 2.48 bits per heavy atom. The fourth-order valence-electron chi connectivity index (χ4n) is 2.08. The number of carbonyl (C=O) groups is 3. The summed E-state index contributed by atoms with van der Waals surface area (Å²) in [5, 5.41) is 2.43. The van der Waals surface area contributed by atoms with Gasteiger partial charge in [-0.3, -0.25) is 4.79 Å².